The van der Waals surface area contributed by atoms with E-state index in [1.54, 1.807) is 27.3 Å². The van der Waals surface area contributed by atoms with Gasteiger partial charge in [0, 0.05) is 18.0 Å². The second-order valence-corrected chi connectivity index (χ2v) is 21.5. The minimum Gasteiger partial charge on any atom is -0.458 e. The normalized spacial score (nSPS) is 13.6. The fourth-order valence-corrected chi connectivity index (χ4v) is 14.1. The minimum absolute atomic E-state index is 0.136. The van der Waals surface area contributed by atoms with Crippen LogP contribution in [0.3, 0.4) is 0 Å². The van der Waals surface area contributed by atoms with Crippen LogP contribution in [-0.4, -0.2) is 17.8 Å². The van der Waals surface area contributed by atoms with Gasteiger partial charge in [0.25, 0.3) is 14.6 Å². The molecular weight excluding hydrogens is 869 g/mol. The van der Waals surface area contributed by atoms with Crippen LogP contribution in [-0.2, 0) is 5.41 Å². The monoisotopic (exact) mass is 930 g/mol. The van der Waals surface area contributed by atoms with E-state index in [0.717, 1.165) is 32.6 Å². The Morgan fingerprint density at radius 1 is 0.557 bits per heavy atom. The molecule has 0 unspecified atom stereocenters. The molecule has 0 aliphatic carbocycles. The van der Waals surface area contributed by atoms with Gasteiger partial charge in [0.15, 0.2) is 0 Å². The quantitative estimate of drug-likeness (QED) is 0.0530. The van der Waals surface area contributed by atoms with E-state index in [9.17, 15) is 0 Å². The maximum Gasteiger partial charge on any atom is 0.269 e. The van der Waals surface area contributed by atoms with Crippen LogP contribution in [0.4, 0.5) is 11.5 Å². The van der Waals surface area contributed by atoms with Gasteiger partial charge in [0.05, 0.1) is 36.1 Å². The maximum atomic E-state index is 9.09. The molecule has 0 aliphatic rings. The average Bonchev–Trinajstić information content (AvgIpc) is 3.95. The number of hydrogen-bond donors (Lipinski definition) is 0. The van der Waals surface area contributed by atoms with Crippen LogP contribution in [0, 0.1) is 6.33 Å². The number of pyridine rings is 1. The molecule has 0 fully saturated rings. The molecule has 2 heterocycles. The van der Waals surface area contributed by atoms with E-state index in [1.165, 1.54) is 0 Å². The minimum atomic E-state index is -3.31. The molecule has 0 aliphatic heterocycles. The topological polar surface area (TPSA) is 34.2 Å². The lowest BCUT2D eigenvalue weighted by Crippen LogP contribution is -2.76. The lowest BCUT2D eigenvalue weighted by molar-refractivity contribution is -0.571. The van der Waals surface area contributed by atoms with Crippen LogP contribution in [0.5, 0.6) is 11.5 Å². The van der Waals surface area contributed by atoms with E-state index in [4.69, 9.17) is 23.4 Å². The van der Waals surface area contributed by atoms with E-state index >= 15 is 0 Å². The summed E-state index contributed by atoms with van der Waals surface area (Å²) in [5.41, 5.74) is 3.83. The van der Waals surface area contributed by atoms with Crippen LogP contribution in [0.2, 0.25) is 0 Å². The summed E-state index contributed by atoms with van der Waals surface area (Å²) in [6.45, 7) is 6.61. The second-order valence-electron chi connectivity index (χ2n) is 17.9. The summed E-state index contributed by atoms with van der Waals surface area (Å²) in [5, 5.41) is 3.47. The van der Waals surface area contributed by atoms with E-state index in [2.05, 4.69) is 129 Å². The summed E-state index contributed by atoms with van der Waals surface area (Å²) in [6.07, 6.45) is 5.37. The van der Waals surface area contributed by atoms with E-state index in [1.807, 2.05) is 85.1 Å². The first-order valence-electron chi connectivity index (χ1n) is 28.0. The van der Waals surface area contributed by atoms with Gasteiger partial charge in [0.2, 0.25) is 0 Å². The summed E-state index contributed by atoms with van der Waals surface area (Å²) >= 11 is 0. The number of fused-ring (bicyclic) bond motifs is 1. The molecule has 0 spiro atoms. The predicted octanol–water partition coefficient (Wildman–Crippen LogP) is 13.3. The highest BCUT2D eigenvalue weighted by molar-refractivity contribution is 7.14. The molecule has 0 atom stereocenters. The molecule has 338 valence electrons. The van der Waals surface area contributed by atoms with Crippen molar-refractivity contribution < 1.29 is 23.0 Å². The summed E-state index contributed by atoms with van der Waals surface area (Å²) in [5.74, 6) is 1.83. The van der Waals surface area contributed by atoms with Crippen LogP contribution in [0.25, 0.3) is 44.7 Å². The van der Waals surface area contributed by atoms with Crippen molar-refractivity contribution in [2.75, 3.05) is 4.57 Å². The molecule has 0 saturated carbocycles. The third-order valence-corrected chi connectivity index (χ3v) is 17.2. The van der Waals surface area contributed by atoms with Gasteiger partial charge in [-0.25, -0.2) is 4.98 Å². The molecule has 5 nitrogen and oxygen atoms in total. The molecule has 0 radical (unpaired) electrons. The molecule has 0 bridgehead atoms. The standard InChI is InChI=1S/C64H52N4OSi/c1-64(2,3)50-42-43-65-62(44-50)68(70(55-32-13-6-14-33-55,56-34-15-7-16-35-56)57-36-17-8-18-37-57)52-29-22-31-54(46-52)69-53-30-21-28-51(45-53)66-47-67(61-41-20-19-40-60(61)66)63-58(48-24-9-4-10-25-48)38-23-39-59(63)49-26-11-5-12-27-49/h4-46H,1-3H3/i4D,5D,9D,10D,11D,12D,24D,25D,26D,27D. The third kappa shape index (κ3) is 8.29. The van der Waals surface area contributed by atoms with Gasteiger partial charge in [-0.05, 0) is 91.3 Å². The van der Waals surface area contributed by atoms with Crippen molar-refractivity contribution in [2.45, 2.75) is 26.2 Å². The lowest BCUT2D eigenvalue weighted by atomic mass is 9.88. The van der Waals surface area contributed by atoms with E-state index < -0.39 is 68.7 Å². The Morgan fingerprint density at radius 3 is 1.67 bits per heavy atom. The molecule has 2 aromatic heterocycles. The van der Waals surface area contributed by atoms with Crippen molar-refractivity contribution in [3.63, 3.8) is 0 Å². The van der Waals surface area contributed by atoms with Crippen LogP contribution in [0.15, 0.2) is 261 Å². The van der Waals surface area contributed by atoms with Gasteiger partial charge in [-0.15, -0.1) is 0 Å². The van der Waals surface area contributed by atoms with Crippen LogP contribution >= 0.6 is 0 Å². The lowest BCUT2D eigenvalue weighted by Gasteiger charge is -2.44. The number of para-hydroxylation sites is 3. The van der Waals surface area contributed by atoms with E-state index in [-0.39, 0.29) is 33.4 Å². The van der Waals surface area contributed by atoms with Gasteiger partial charge in [-0.2, -0.15) is 0 Å². The van der Waals surface area contributed by atoms with Gasteiger partial charge in [0.1, 0.15) is 17.3 Å². The Bertz CT molecular complexity index is 3930. The van der Waals surface area contributed by atoms with Crippen LogP contribution < -0.4 is 29.4 Å². The van der Waals surface area contributed by atoms with Gasteiger partial charge in [-0.3, -0.25) is 9.13 Å². The first kappa shape index (κ1) is 33.8. The Kier molecular flexibility index (Phi) is 9.10. The first-order valence-corrected chi connectivity index (χ1v) is 25.0. The molecule has 70 heavy (non-hydrogen) atoms. The van der Waals surface area contributed by atoms with Gasteiger partial charge in [-0.1, -0.05) is 227 Å². The van der Waals surface area contributed by atoms with Crippen molar-refractivity contribution in [1.29, 1.82) is 0 Å². The smallest absolute Gasteiger partial charge is 0.269 e. The first-order chi connectivity index (χ1) is 38.5. The van der Waals surface area contributed by atoms with E-state index in [0.29, 0.717) is 28.2 Å². The van der Waals surface area contributed by atoms with Crippen molar-refractivity contribution in [2.24, 2.45) is 0 Å². The Morgan fingerprint density at radius 2 is 1.09 bits per heavy atom. The zero-order valence-corrected chi connectivity index (χ0v) is 39.7. The number of aromatic nitrogens is 3. The summed E-state index contributed by atoms with van der Waals surface area (Å²) in [7, 11) is -3.31. The van der Waals surface area contributed by atoms with Crippen molar-refractivity contribution in [1.82, 2.24) is 9.55 Å². The average molecular weight is 931 g/mol. The summed E-state index contributed by atoms with van der Waals surface area (Å²) in [4.78, 5) is 5.19. The number of rotatable bonds is 12. The molecule has 9 aromatic carbocycles. The fraction of sp³-hybridized carbons (Fsp3) is 0.0625. The Hall–Kier alpha value is -8.58. The van der Waals surface area contributed by atoms with Crippen molar-refractivity contribution in [3.05, 3.63) is 273 Å². The molecule has 0 N–H and O–H groups in total. The number of anilines is 2. The predicted molar refractivity (Wildman–Crippen MR) is 290 cm³/mol. The number of benzene rings is 9. The fourth-order valence-electron chi connectivity index (χ4n) is 9.31. The van der Waals surface area contributed by atoms with Gasteiger partial charge < -0.3 is 9.30 Å². The zero-order valence-electron chi connectivity index (χ0n) is 48.7. The number of nitrogens with zero attached hydrogens (tertiary/aromatic N) is 4. The summed E-state index contributed by atoms with van der Waals surface area (Å²) < 4.78 is 100. The van der Waals surface area contributed by atoms with Crippen molar-refractivity contribution >= 4 is 46.3 Å². The second kappa shape index (κ2) is 18.8. The molecule has 11 aromatic rings. The van der Waals surface area contributed by atoms with Crippen LogP contribution in [0.1, 0.15) is 40.0 Å². The van der Waals surface area contributed by atoms with Crippen molar-refractivity contribution in [3.8, 4) is 45.1 Å². The molecule has 0 saturated heterocycles. The molecule has 0 amide bonds. The largest absolute Gasteiger partial charge is 0.458 e. The highest BCUT2D eigenvalue weighted by Gasteiger charge is 2.48. The molecule has 6 heteroatoms. The Balaban J connectivity index is 1.09. The highest BCUT2D eigenvalue weighted by atomic mass is 28.3. The number of hydrogen-bond acceptors (Lipinski definition) is 3. The molecular formula is C64H52N4OSi. The number of ether oxygens (including phenoxy) is 1. The SMILES string of the molecule is [2H]c1c([2H])c([2H])c(-c2cccc(-c3c([2H])c([2H])c([2H])c([2H])c3[2H])c2-[n+]2[c-]n(-c3cccc(Oc4cccc(N(c5cc(C(C)(C)C)ccn5)[Si](c5ccccc5)(c5ccccc5)c5ccccc5)c4)c3)c3ccccc32)c([2H])c1[2H]. The van der Waals surface area contributed by atoms with Gasteiger partial charge >= 0.3 is 0 Å². The highest BCUT2D eigenvalue weighted by Crippen LogP contribution is 2.38. The number of imidazole rings is 1. The maximum absolute atomic E-state index is 9.09. The molecule has 11 rings (SSSR count). The third-order valence-electron chi connectivity index (χ3n) is 12.5. The summed E-state index contributed by atoms with van der Waals surface area (Å²) in [6, 6.07) is 58.8. The zero-order chi connectivity index (χ0) is 56.2. The Labute approximate surface area is 426 Å².